The summed E-state index contributed by atoms with van der Waals surface area (Å²) in [6.45, 7) is 4.21. The van der Waals surface area contributed by atoms with Crippen molar-refractivity contribution in [1.29, 1.82) is 0 Å². The lowest BCUT2D eigenvalue weighted by Crippen LogP contribution is -2.12. The lowest BCUT2D eigenvalue weighted by molar-refractivity contribution is 0.630. The molecule has 0 bridgehead atoms. The molecule has 0 radical (unpaired) electrons. The molecule has 2 aromatic rings. The van der Waals surface area contributed by atoms with Gasteiger partial charge in [0.15, 0.2) is 0 Å². The summed E-state index contributed by atoms with van der Waals surface area (Å²) >= 11 is 0. The highest BCUT2D eigenvalue weighted by Gasteiger charge is 2.09. The molecule has 0 saturated carbocycles. The Kier molecular flexibility index (Phi) is 3.06. The molecule has 1 atom stereocenters. The molecule has 3 nitrogen and oxygen atoms in total. The predicted molar refractivity (Wildman–Crippen MR) is 66.2 cm³/mol. The Morgan fingerprint density at radius 3 is 2.75 bits per heavy atom. The van der Waals surface area contributed by atoms with Crippen LogP contribution in [0.2, 0.25) is 0 Å². The molecular weight excluding hydrogens is 198 g/mol. The van der Waals surface area contributed by atoms with Crippen LogP contribution < -0.4 is 5.32 Å². The standard InChI is InChI=1S/C13H17N3/c1-9-6-4-5-7-11(9)13-8-12(15-16-13)10(2)14-3/h4-8,10,14H,1-3H3,(H,15,16). The van der Waals surface area contributed by atoms with E-state index < -0.39 is 0 Å². The quantitative estimate of drug-likeness (QED) is 0.826. The minimum atomic E-state index is 0.297. The molecule has 0 fully saturated rings. The predicted octanol–water partition coefficient (Wildman–Crippen LogP) is 2.67. The van der Waals surface area contributed by atoms with Gasteiger partial charge in [-0.1, -0.05) is 24.3 Å². The molecule has 1 aromatic heterocycles. The van der Waals surface area contributed by atoms with Crippen molar-refractivity contribution in [2.75, 3.05) is 7.05 Å². The van der Waals surface area contributed by atoms with Crippen LogP contribution in [0.15, 0.2) is 30.3 Å². The molecule has 3 heteroatoms. The van der Waals surface area contributed by atoms with Crippen LogP contribution in [0.4, 0.5) is 0 Å². The third-order valence-electron chi connectivity index (χ3n) is 2.92. The van der Waals surface area contributed by atoms with Gasteiger partial charge in [-0.2, -0.15) is 5.10 Å². The van der Waals surface area contributed by atoms with Gasteiger partial charge in [-0.05, 0) is 32.5 Å². The number of hydrogen-bond donors (Lipinski definition) is 2. The van der Waals surface area contributed by atoms with Crippen LogP contribution in [0, 0.1) is 6.92 Å². The number of rotatable bonds is 3. The van der Waals surface area contributed by atoms with Crippen LogP contribution in [0.25, 0.3) is 11.3 Å². The van der Waals surface area contributed by atoms with Crippen molar-refractivity contribution in [3.8, 4) is 11.3 Å². The molecule has 84 valence electrons. The Hall–Kier alpha value is -1.61. The van der Waals surface area contributed by atoms with Gasteiger partial charge < -0.3 is 5.32 Å². The van der Waals surface area contributed by atoms with Gasteiger partial charge >= 0.3 is 0 Å². The number of benzene rings is 1. The average molecular weight is 215 g/mol. The smallest absolute Gasteiger partial charge is 0.0926 e. The SMILES string of the molecule is CNC(C)c1cc(-c2ccccc2C)n[nH]1. The van der Waals surface area contributed by atoms with E-state index in [0.29, 0.717) is 6.04 Å². The number of aromatic amines is 1. The van der Waals surface area contributed by atoms with Gasteiger partial charge in [-0.3, -0.25) is 5.10 Å². The van der Waals surface area contributed by atoms with Crippen molar-refractivity contribution in [3.05, 3.63) is 41.6 Å². The highest BCUT2D eigenvalue weighted by atomic mass is 15.1. The number of nitrogens with zero attached hydrogens (tertiary/aromatic N) is 1. The normalized spacial score (nSPS) is 12.7. The molecule has 2 rings (SSSR count). The van der Waals surface area contributed by atoms with E-state index in [0.717, 1.165) is 11.4 Å². The zero-order valence-corrected chi connectivity index (χ0v) is 9.91. The minimum Gasteiger partial charge on any atom is -0.312 e. The van der Waals surface area contributed by atoms with Crippen LogP contribution in [0.5, 0.6) is 0 Å². The fraction of sp³-hybridized carbons (Fsp3) is 0.308. The second-order valence-corrected chi connectivity index (χ2v) is 4.03. The highest BCUT2D eigenvalue weighted by Crippen LogP contribution is 2.23. The van der Waals surface area contributed by atoms with E-state index in [9.17, 15) is 0 Å². The topological polar surface area (TPSA) is 40.7 Å². The summed E-state index contributed by atoms with van der Waals surface area (Å²) < 4.78 is 0. The van der Waals surface area contributed by atoms with Crippen LogP contribution in [0.3, 0.4) is 0 Å². The third kappa shape index (κ3) is 1.99. The number of H-pyrrole nitrogens is 1. The zero-order chi connectivity index (χ0) is 11.5. The summed E-state index contributed by atoms with van der Waals surface area (Å²) in [5.41, 5.74) is 4.56. The van der Waals surface area contributed by atoms with Gasteiger partial charge in [0, 0.05) is 11.6 Å². The number of aryl methyl sites for hydroxylation is 1. The van der Waals surface area contributed by atoms with E-state index in [1.807, 2.05) is 19.2 Å². The maximum Gasteiger partial charge on any atom is 0.0926 e. The Bertz CT molecular complexity index is 474. The monoisotopic (exact) mass is 215 g/mol. The third-order valence-corrected chi connectivity index (χ3v) is 2.92. The molecule has 0 spiro atoms. The first kappa shape index (κ1) is 10.9. The van der Waals surface area contributed by atoms with Crippen LogP contribution >= 0.6 is 0 Å². The van der Waals surface area contributed by atoms with E-state index in [-0.39, 0.29) is 0 Å². The molecule has 1 unspecified atom stereocenters. The minimum absolute atomic E-state index is 0.297. The van der Waals surface area contributed by atoms with E-state index in [1.54, 1.807) is 0 Å². The number of nitrogens with one attached hydrogen (secondary N) is 2. The fourth-order valence-corrected chi connectivity index (χ4v) is 1.71. The van der Waals surface area contributed by atoms with Crippen molar-refractivity contribution < 1.29 is 0 Å². The Labute approximate surface area is 95.9 Å². The lowest BCUT2D eigenvalue weighted by Gasteiger charge is -2.05. The van der Waals surface area contributed by atoms with Gasteiger partial charge in [-0.15, -0.1) is 0 Å². The van der Waals surface area contributed by atoms with Crippen molar-refractivity contribution in [3.63, 3.8) is 0 Å². The zero-order valence-electron chi connectivity index (χ0n) is 9.91. The van der Waals surface area contributed by atoms with E-state index >= 15 is 0 Å². The van der Waals surface area contributed by atoms with E-state index in [2.05, 4.69) is 47.6 Å². The second kappa shape index (κ2) is 4.49. The van der Waals surface area contributed by atoms with E-state index in [4.69, 9.17) is 0 Å². The van der Waals surface area contributed by atoms with Gasteiger partial charge in [0.25, 0.3) is 0 Å². The first-order chi connectivity index (χ1) is 7.72. The lowest BCUT2D eigenvalue weighted by atomic mass is 10.1. The number of hydrogen-bond acceptors (Lipinski definition) is 2. The molecule has 2 N–H and O–H groups in total. The van der Waals surface area contributed by atoms with Crippen LogP contribution in [-0.4, -0.2) is 17.2 Å². The summed E-state index contributed by atoms with van der Waals surface area (Å²) in [6, 6.07) is 10.7. The molecule has 1 heterocycles. The molecule has 1 aromatic carbocycles. The summed E-state index contributed by atoms with van der Waals surface area (Å²) in [5, 5.41) is 10.6. The maximum atomic E-state index is 4.35. The molecule has 0 aliphatic heterocycles. The number of aromatic nitrogens is 2. The molecular formula is C13H17N3. The molecule has 16 heavy (non-hydrogen) atoms. The molecule has 0 amide bonds. The molecule has 0 aliphatic rings. The Morgan fingerprint density at radius 2 is 2.06 bits per heavy atom. The first-order valence-corrected chi connectivity index (χ1v) is 5.51. The second-order valence-electron chi connectivity index (χ2n) is 4.03. The Balaban J connectivity index is 2.35. The summed E-state index contributed by atoms with van der Waals surface area (Å²) in [7, 11) is 1.94. The maximum absolute atomic E-state index is 4.35. The summed E-state index contributed by atoms with van der Waals surface area (Å²) in [4.78, 5) is 0. The summed E-state index contributed by atoms with van der Waals surface area (Å²) in [5.74, 6) is 0. The van der Waals surface area contributed by atoms with Crippen LogP contribution in [0.1, 0.15) is 24.2 Å². The van der Waals surface area contributed by atoms with Crippen LogP contribution in [-0.2, 0) is 0 Å². The molecule has 0 aliphatic carbocycles. The van der Waals surface area contributed by atoms with Gasteiger partial charge in [0.2, 0.25) is 0 Å². The largest absolute Gasteiger partial charge is 0.312 e. The Morgan fingerprint density at radius 1 is 1.31 bits per heavy atom. The first-order valence-electron chi connectivity index (χ1n) is 5.51. The average Bonchev–Trinajstić information content (AvgIpc) is 2.78. The highest BCUT2D eigenvalue weighted by molar-refractivity contribution is 5.63. The van der Waals surface area contributed by atoms with Gasteiger partial charge in [0.1, 0.15) is 0 Å². The van der Waals surface area contributed by atoms with Gasteiger partial charge in [-0.25, -0.2) is 0 Å². The van der Waals surface area contributed by atoms with E-state index in [1.165, 1.54) is 11.1 Å². The van der Waals surface area contributed by atoms with Crippen molar-refractivity contribution in [2.24, 2.45) is 0 Å². The molecule has 0 saturated heterocycles. The van der Waals surface area contributed by atoms with Crippen molar-refractivity contribution in [1.82, 2.24) is 15.5 Å². The summed E-state index contributed by atoms with van der Waals surface area (Å²) in [6.07, 6.45) is 0. The van der Waals surface area contributed by atoms with Gasteiger partial charge in [0.05, 0.1) is 11.4 Å². The van der Waals surface area contributed by atoms with Crippen molar-refractivity contribution >= 4 is 0 Å². The fourth-order valence-electron chi connectivity index (χ4n) is 1.71. The van der Waals surface area contributed by atoms with Crippen molar-refractivity contribution in [2.45, 2.75) is 19.9 Å².